The van der Waals surface area contributed by atoms with E-state index in [9.17, 15) is 4.79 Å². The number of likely N-dealkylation sites (N-methyl/N-ethyl adjacent to an activating group) is 1. The molecule has 1 aliphatic rings. The van der Waals surface area contributed by atoms with Gasteiger partial charge in [-0.3, -0.25) is 4.79 Å². The summed E-state index contributed by atoms with van der Waals surface area (Å²) >= 11 is 6.03. The van der Waals surface area contributed by atoms with Crippen LogP contribution < -0.4 is 0 Å². The lowest BCUT2D eigenvalue weighted by Crippen LogP contribution is -2.37. The molecule has 23 heavy (non-hydrogen) atoms. The van der Waals surface area contributed by atoms with E-state index in [0.29, 0.717) is 24.0 Å². The Morgan fingerprint density at radius 3 is 2.91 bits per heavy atom. The number of amidine groups is 1. The summed E-state index contributed by atoms with van der Waals surface area (Å²) in [5, 5.41) is 2.20. The molecule has 1 aromatic rings. The number of halogens is 1. The molecule has 0 radical (unpaired) electrons. The highest BCUT2D eigenvalue weighted by Crippen LogP contribution is 2.29. The summed E-state index contributed by atoms with van der Waals surface area (Å²) in [5.41, 5.74) is -0.0749. The zero-order valence-corrected chi connectivity index (χ0v) is 14.6. The number of hydroxylamine groups is 2. The van der Waals surface area contributed by atoms with Gasteiger partial charge in [-0.2, -0.15) is 0 Å². The SMILES string of the molecule is COCCN(C)C(=O)CC1(C)N=C(c2cccc(Cl)c2)N(C)O1. The van der Waals surface area contributed by atoms with Gasteiger partial charge in [0.1, 0.15) is 0 Å². The number of nitrogens with zero attached hydrogens (tertiary/aromatic N) is 3. The van der Waals surface area contributed by atoms with Crippen molar-refractivity contribution in [3.05, 3.63) is 34.9 Å². The second-order valence-electron chi connectivity index (χ2n) is 5.69. The third-order valence-corrected chi connectivity index (χ3v) is 3.83. The number of aliphatic imine (C=N–C) groups is 1. The number of carbonyl (C=O) groups is 1. The summed E-state index contributed by atoms with van der Waals surface area (Å²) in [6, 6.07) is 7.38. The lowest BCUT2D eigenvalue weighted by molar-refractivity contribution is -0.170. The van der Waals surface area contributed by atoms with Crippen molar-refractivity contribution in [2.45, 2.75) is 19.1 Å². The highest BCUT2D eigenvalue weighted by molar-refractivity contribution is 6.31. The van der Waals surface area contributed by atoms with Crippen molar-refractivity contribution in [1.82, 2.24) is 9.96 Å². The van der Waals surface area contributed by atoms with Crippen molar-refractivity contribution >= 4 is 23.3 Å². The molecule has 0 fully saturated rings. The molecule has 1 heterocycles. The quantitative estimate of drug-likeness (QED) is 0.797. The fraction of sp³-hybridized carbons (Fsp3) is 0.500. The molecule has 7 heteroatoms. The Hall–Kier alpha value is -1.63. The molecule has 126 valence electrons. The predicted molar refractivity (Wildman–Crippen MR) is 89.4 cm³/mol. The maximum atomic E-state index is 12.3. The summed E-state index contributed by atoms with van der Waals surface area (Å²) < 4.78 is 4.99. The fourth-order valence-electron chi connectivity index (χ4n) is 2.37. The van der Waals surface area contributed by atoms with E-state index in [2.05, 4.69) is 4.99 Å². The number of carbonyl (C=O) groups excluding carboxylic acids is 1. The lowest BCUT2D eigenvalue weighted by Gasteiger charge is -2.24. The molecular weight excluding hydrogens is 318 g/mol. The molecule has 1 aliphatic heterocycles. The maximum Gasteiger partial charge on any atom is 0.227 e. The summed E-state index contributed by atoms with van der Waals surface area (Å²) in [4.78, 5) is 24.3. The first-order valence-electron chi connectivity index (χ1n) is 7.36. The van der Waals surface area contributed by atoms with Gasteiger partial charge < -0.3 is 9.64 Å². The van der Waals surface area contributed by atoms with Crippen LogP contribution in [0.15, 0.2) is 29.3 Å². The minimum atomic E-state index is -0.926. The van der Waals surface area contributed by atoms with Crippen LogP contribution in [0.3, 0.4) is 0 Å². The topological polar surface area (TPSA) is 54.4 Å². The van der Waals surface area contributed by atoms with E-state index in [1.807, 2.05) is 18.2 Å². The average molecular weight is 340 g/mol. The Balaban J connectivity index is 2.12. The third kappa shape index (κ3) is 4.43. The maximum absolute atomic E-state index is 12.3. The van der Waals surface area contributed by atoms with E-state index in [1.54, 1.807) is 44.2 Å². The van der Waals surface area contributed by atoms with Gasteiger partial charge in [-0.25, -0.2) is 14.9 Å². The van der Waals surface area contributed by atoms with Crippen molar-refractivity contribution in [3.63, 3.8) is 0 Å². The molecule has 0 bridgehead atoms. The van der Waals surface area contributed by atoms with Gasteiger partial charge in [0, 0.05) is 38.3 Å². The van der Waals surface area contributed by atoms with E-state index < -0.39 is 5.72 Å². The average Bonchev–Trinajstić information content (AvgIpc) is 2.79. The van der Waals surface area contributed by atoms with Crippen LogP contribution in [0, 0.1) is 0 Å². The van der Waals surface area contributed by atoms with E-state index in [1.165, 1.54) is 0 Å². The van der Waals surface area contributed by atoms with Crippen LogP contribution in [0.4, 0.5) is 0 Å². The Bertz CT molecular complexity index is 608. The van der Waals surface area contributed by atoms with Crippen LogP contribution in [0.5, 0.6) is 0 Å². The van der Waals surface area contributed by atoms with Crippen molar-refractivity contribution in [3.8, 4) is 0 Å². The molecule has 0 aliphatic carbocycles. The fourth-order valence-corrected chi connectivity index (χ4v) is 2.56. The lowest BCUT2D eigenvalue weighted by atomic mass is 10.1. The largest absolute Gasteiger partial charge is 0.383 e. The van der Waals surface area contributed by atoms with Gasteiger partial charge in [-0.1, -0.05) is 23.7 Å². The molecule has 0 saturated carbocycles. The van der Waals surface area contributed by atoms with E-state index in [4.69, 9.17) is 21.2 Å². The van der Waals surface area contributed by atoms with Gasteiger partial charge >= 0.3 is 0 Å². The molecule has 0 N–H and O–H groups in total. The van der Waals surface area contributed by atoms with Gasteiger partial charge in [0.05, 0.1) is 13.0 Å². The molecule has 1 amide bonds. The Labute approximate surface area is 141 Å². The standard InChI is InChI=1S/C16H22ClN3O3/c1-16(11-14(21)19(2)8-9-22-4)18-15(20(3)23-16)12-6-5-7-13(17)10-12/h5-7,10H,8-9,11H2,1-4H3. The Morgan fingerprint density at radius 2 is 2.26 bits per heavy atom. The smallest absolute Gasteiger partial charge is 0.227 e. The normalized spacial score (nSPS) is 20.6. The van der Waals surface area contributed by atoms with E-state index in [-0.39, 0.29) is 12.3 Å². The first kappa shape index (κ1) is 17.7. The van der Waals surface area contributed by atoms with Gasteiger partial charge in [0.2, 0.25) is 5.91 Å². The highest BCUT2D eigenvalue weighted by atomic mass is 35.5. The molecular formula is C16H22ClN3O3. The molecule has 1 atom stereocenters. The molecule has 0 aromatic heterocycles. The van der Waals surface area contributed by atoms with Gasteiger partial charge in [-0.05, 0) is 19.1 Å². The molecule has 1 unspecified atom stereocenters. The van der Waals surface area contributed by atoms with Crippen LogP contribution in [-0.2, 0) is 14.4 Å². The second kappa shape index (κ2) is 7.29. The van der Waals surface area contributed by atoms with Crippen LogP contribution in [0.1, 0.15) is 18.9 Å². The number of hydrogen-bond acceptors (Lipinski definition) is 5. The third-order valence-electron chi connectivity index (χ3n) is 3.59. The monoisotopic (exact) mass is 339 g/mol. The van der Waals surface area contributed by atoms with E-state index in [0.717, 1.165) is 5.56 Å². The Morgan fingerprint density at radius 1 is 1.52 bits per heavy atom. The molecule has 2 rings (SSSR count). The second-order valence-corrected chi connectivity index (χ2v) is 6.13. The first-order chi connectivity index (χ1) is 10.8. The van der Waals surface area contributed by atoms with Gasteiger partial charge in [-0.15, -0.1) is 0 Å². The zero-order chi connectivity index (χ0) is 17.0. The highest BCUT2D eigenvalue weighted by Gasteiger charge is 2.38. The predicted octanol–water partition coefficient (Wildman–Crippen LogP) is 2.17. The van der Waals surface area contributed by atoms with Crippen molar-refractivity contribution in [1.29, 1.82) is 0 Å². The van der Waals surface area contributed by atoms with Crippen molar-refractivity contribution < 1.29 is 14.4 Å². The molecule has 0 saturated heterocycles. The van der Waals surface area contributed by atoms with Crippen LogP contribution in [0.25, 0.3) is 0 Å². The van der Waals surface area contributed by atoms with Gasteiger partial charge in [0.15, 0.2) is 11.6 Å². The number of benzene rings is 1. The minimum Gasteiger partial charge on any atom is -0.383 e. The van der Waals surface area contributed by atoms with E-state index >= 15 is 0 Å². The number of amides is 1. The number of ether oxygens (including phenoxy) is 1. The summed E-state index contributed by atoms with van der Waals surface area (Å²) in [6.45, 7) is 2.83. The molecule has 1 aromatic carbocycles. The summed E-state index contributed by atoms with van der Waals surface area (Å²) in [6.07, 6.45) is 0.154. The number of hydrogen-bond donors (Lipinski definition) is 0. The first-order valence-corrected chi connectivity index (χ1v) is 7.74. The van der Waals surface area contributed by atoms with Crippen LogP contribution in [0.2, 0.25) is 5.02 Å². The summed E-state index contributed by atoms with van der Waals surface area (Å²) in [7, 11) is 5.12. The van der Waals surface area contributed by atoms with Crippen molar-refractivity contribution in [2.75, 3.05) is 34.4 Å². The summed E-state index contributed by atoms with van der Waals surface area (Å²) in [5.74, 6) is 0.608. The van der Waals surface area contributed by atoms with Gasteiger partial charge in [0.25, 0.3) is 0 Å². The number of rotatable bonds is 6. The Kier molecular flexibility index (Phi) is 5.62. The minimum absolute atomic E-state index is 0.0472. The van der Waals surface area contributed by atoms with Crippen molar-refractivity contribution in [2.24, 2.45) is 4.99 Å². The molecule has 0 spiro atoms. The molecule has 6 nitrogen and oxygen atoms in total. The number of methoxy groups -OCH3 is 1. The zero-order valence-electron chi connectivity index (χ0n) is 13.9. The van der Waals surface area contributed by atoms with Crippen LogP contribution >= 0.6 is 11.6 Å². The van der Waals surface area contributed by atoms with Crippen LogP contribution in [-0.4, -0.2) is 61.8 Å².